The summed E-state index contributed by atoms with van der Waals surface area (Å²) in [4.78, 5) is 3.81. The molecule has 1 N–H and O–H groups in total. The lowest BCUT2D eigenvalue weighted by Gasteiger charge is -2.30. The summed E-state index contributed by atoms with van der Waals surface area (Å²) in [6, 6.07) is 11.1. The van der Waals surface area contributed by atoms with Gasteiger partial charge in [0, 0.05) is 16.6 Å². The SMILES string of the molecule is Cc1ccc2c(c1)N(S(=O)(=O)c1ccc3[nH]c4c(c3c1)CCCC4)CCO2. The quantitative estimate of drug-likeness (QED) is 0.730. The van der Waals surface area contributed by atoms with Gasteiger partial charge in [0.25, 0.3) is 10.0 Å². The van der Waals surface area contributed by atoms with Gasteiger partial charge < -0.3 is 9.72 Å². The van der Waals surface area contributed by atoms with Gasteiger partial charge in [-0.05, 0) is 74.1 Å². The number of aromatic nitrogens is 1. The van der Waals surface area contributed by atoms with E-state index < -0.39 is 10.0 Å². The predicted molar refractivity (Wildman–Crippen MR) is 106 cm³/mol. The highest BCUT2D eigenvalue weighted by molar-refractivity contribution is 7.92. The Labute approximate surface area is 159 Å². The molecule has 0 bridgehead atoms. The first-order valence-electron chi connectivity index (χ1n) is 9.44. The van der Waals surface area contributed by atoms with Crippen LogP contribution in [0.3, 0.4) is 0 Å². The Morgan fingerprint density at radius 2 is 1.93 bits per heavy atom. The van der Waals surface area contributed by atoms with Gasteiger partial charge in [-0.25, -0.2) is 8.42 Å². The summed E-state index contributed by atoms with van der Waals surface area (Å²) in [6.45, 7) is 2.64. The standard InChI is InChI=1S/C21H22N2O3S/c1-14-6-9-21-20(12-14)23(10-11-26-21)27(24,25)15-7-8-19-17(13-15)16-4-2-3-5-18(16)22-19/h6-9,12-13,22H,2-5,10-11H2,1H3. The van der Waals surface area contributed by atoms with Crippen molar-refractivity contribution in [1.29, 1.82) is 0 Å². The minimum Gasteiger partial charge on any atom is -0.489 e. The number of aryl methyl sites for hydroxylation is 3. The predicted octanol–water partition coefficient (Wildman–Crippen LogP) is 3.94. The molecule has 0 unspecified atom stereocenters. The van der Waals surface area contributed by atoms with E-state index in [0.29, 0.717) is 29.5 Å². The van der Waals surface area contributed by atoms with E-state index in [1.165, 1.54) is 22.0 Å². The van der Waals surface area contributed by atoms with E-state index in [4.69, 9.17) is 4.74 Å². The minimum atomic E-state index is -3.65. The van der Waals surface area contributed by atoms with Crippen molar-refractivity contribution in [2.24, 2.45) is 0 Å². The number of rotatable bonds is 2. The number of nitrogens with zero attached hydrogens (tertiary/aromatic N) is 1. The van der Waals surface area contributed by atoms with Crippen LogP contribution in [-0.2, 0) is 22.9 Å². The zero-order chi connectivity index (χ0) is 18.6. The molecule has 2 aliphatic rings. The average molecular weight is 382 g/mol. The molecule has 140 valence electrons. The summed E-state index contributed by atoms with van der Waals surface area (Å²) in [5.74, 6) is 0.621. The molecule has 0 spiro atoms. The molecule has 0 atom stereocenters. The molecule has 1 aliphatic carbocycles. The van der Waals surface area contributed by atoms with Crippen LogP contribution in [0.25, 0.3) is 10.9 Å². The van der Waals surface area contributed by atoms with E-state index in [0.717, 1.165) is 35.7 Å². The van der Waals surface area contributed by atoms with Crippen LogP contribution >= 0.6 is 0 Å². The minimum absolute atomic E-state index is 0.321. The van der Waals surface area contributed by atoms with Crippen molar-refractivity contribution < 1.29 is 13.2 Å². The number of anilines is 1. The van der Waals surface area contributed by atoms with Gasteiger partial charge in [-0.3, -0.25) is 4.31 Å². The van der Waals surface area contributed by atoms with Crippen LogP contribution in [0.1, 0.15) is 29.7 Å². The molecule has 5 rings (SSSR count). The lowest BCUT2D eigenvalue weighted by Crippen LogP contribution is -2.37. The van der Waals surface area contributed by atoms with Crippen LogP contribution in [0.4, 0.5) is 5.69 Å². The molecule has 1 aromatic heterocycles. The van der Waals surface area contributed by atoms with Gasteiger partial charge in [-0.1, -0.05) is 6.07 Å². The van der Waals surface area contributed by atoms with Crippen LogP contribution in [0.2, 0.25) is 0 Å². The van der Waals surface area contributed by atoms with Crippen LogP contribution < -0.4 is 9.04 Å². The topological polar surface area (TPSA) is 62.4 Å². The molecule has 0 fully saturated rings. The van der Waals surface area contributed by atoms with Crippen molar-refractivity contribution in [1.82, 2.24) is 4.98 Å². The van der Waals surface area contributed by atoms with Crippen LogP contribution in [-0.4, -0.2) is 26.6 Å². The van der Waals surface area contributed by atoms with Gasteiger partial charge in [0.1, 0.15) is 12.4 Å². The number of fused-ring (bicyclic) bond motifs is 4. The number of hydrogen-bond donors (Lipinski definition) is 1. The molecule has 0 radical (unpaired) electrons. The Bertz CT molecular complexity index is 1150. The molecule has 5 nitrogen and oxygen atoms in total. The average Bonchev–Trinajstić information content (AvgIpc) is 3.05. The molecule has 0 amide bonds. The lowest BCUT2D eigenvalue weighted by molar-refractivity contribution is 0.315. The van der Waals surface area contributed by atoms with Crippen LogP contribution in [0, 0.1) is 6.92 Å². The molecule has 6 heteroatoms. The highest BCUT2D eigenvalue weighted by Crippen LogP contribution is 2.37. The number of aromatic amines is 1. The third-order valence-corrected chi connectivity index (χ3v) is 7.40. The molecule has 3 aromatic rings. The summed E-state index contributed by atoms with van der Waals surface area (Å²) in [6.07, 6.45) is 4.41. The summed E-state index contributed by atoms with van der Waals surface area (Å²) < 4.78 is 34.1. The summed E-state index contributed by atoms with van der Waals surface area (Å²) >= 11 is 0. The number of nitrogens with one attached hydrogen (secondary N) is 1. The van der Waals surface area contributed by atoms with Crippen molar-refractivity contribution in [3.63, 3.8) is 0 Å². The molecule has 0 saturated heterocycles. The second kappa shape index (κ2) is 6.02. The molecule has 2 aromatic carbocycles. The first kappa shape index (κ1) is 16.7. The van der Waals surface area contributed by atoms with Crippen molar-refractivity contribution >= 4 is 26.6 Å². The summed E-state index contributed by atoms with van der Waals surface area (Å²) in [7, 11) is -3.65. The fraction of sp³-hybridized carbons (Fsp3) is 0.333. The van der Waals surface area contributed by atoms with Gasteiger partial charge in [0.05, 0.1) is 17.1 Å². The van der Waals surface area contributed by atoms with Crippen LogP contribution in [0.5, 0.6) is 5.75 Å². The Balaban J connectivity index is 1.63. The molecule has 27 heavy (non-hydrogen) atoms. The maximum Gasteiger partial charge on any atom is 0.264 e. The highest BCUT2D eigenvalue weighted by atomic mass is 32.2. The largest absolute Gasteiger partial charge is 0.489 e. The van der Waals surface area contributed by atoms with E-state index in [-0.39, 0.29) is 0 Å². The van der Waals surface area contributed by atoms with Crippen LogP contribution in [0.15, 0.2) is 41.3 Å². The van der Waals surface area contributed by atoms with Crippen molar-refractivity contribution in [3.8, 4) is 5.75 Å². The maximum absolute atomic E-state index is 13.5. The number of ether oxygens (including phenoxy) is 1. The number of benzene rings is 2. The van der Waals surface area contributed by atoms with Gasteiger partial charge in [0.2, 0.25) is 0 Å². The number of sulfonamides is 1. The Hall–Kier alpha value is -2.47. The molecule has 0 saturated carbocycles. The third-order valence-electron chi connectivity index (χ3n) is 5.59. The van der Waals surface area contributed by atoms with E-state index in [2.05, 4.69) is 4.98 Å². The Kier molecular flexibility index (Phi) is 3.72. The Morgan fingerprint density at radius 1 is 1.07 bits per heavy atom. The molecule has 2 heterocycles. The van der Waals surface area contributed by atoms with E-state index in [1.807, 2.05) is 37.3 Å². The molecule has 1 aliphatic heterocycles. The van der Waals surface area contributed by atoms with E-state index >= 15 is 0 Å². The van der Waals surface area contributed by atoms with Crippen molar-refractivity contribution in [3.05, 3.63) is 53.2 Å². The third kappa shape index (κ3) is 2.62. The Morgan fingerprint density at radius 3 is 2.81 bits per heavy atom. The highest BCUT2D eigenvalue weighted by Gasteiger charge is 2.31. The molecular weight excluding hydrogens is 360 g/mol. The summed E-state index contributed by atoms with van der Waals surface area (Å²) in [5.41, 5.74) is 5.20. The normalized spacial score (nSPS) is 16.7. The van der Waals surface area contributed by atoms with Crippen molar-refractivity contribution in [2.45, 2.75) is 37.5 Å². The zero-order valence-corrected chi connectivity index (χ0v) is 16.1. The lowest BCUT2D eigenvalue weighted by atomic mass is 9.96. The zero-order valence-electron chi connectivity index (χ0n) is 15.3. The van der Waals surface area contributed by atoms with Gasteiger partial charge in [-0.2, -0.15) is 0 Å². The maximum atomic E-state index is 13.5. The van der Waals surface area contributed by atoms with Gasteiger partial charge >= 0.3 is 0 Å². The first-order chi connectivity index (χ1) is 13.0. The van der Waals surface area contributed by atoms with E-state index in [1.54, 1.807) is 6.07 Å². The first-order valence-corrected chi connectivity index (χ1v) is 10.9. The van der Waals surface area contributed by atoms with Gasteiger partial charge in [0.15, 0.2) is 0 Å². The number of hydrogen-bond acceptors (Lipinski definition) is 3. The second-order valence-corrected chi connectivity index (χ2v) is 9.26. The van der Waals surface area contributed by atoms with Crippen molar-refractivity contribution in [2.75, 3.05) is 17.5 Å². The fourth-order valence-corrected chi connectivity index (χ4v) is 5.70. The van der Waals surface area contributed by atoms with E-state index in [9.17, 15) is 8.42 Å². The smallest absolute Gasteiger partial charge is 0.264 e. The van der Waals surface area contributed by atoms with Gasteiger partial charge in [-0.15, -0.1) is 0 Å². The number of H-pyrrole nitrogens is 1. The second-order valence-electron chi connectivity index (χ2n) is 7.39. The fourth-order valence-electron chi connectivity index (χ4n) is 4.23. The summed E-state index contributed by atoms with van der Waals surface area (Å²) in [5, 5.41) is 1.04. The molecular formula is C21H22N2O3S. The monoisotopic (exact) mass is 382 g/mol.